The summed E-state index contributed by atoms with van der Waals surface area (Å²) < 4.78 is 0. The van der Waals surface area contributed by atoms with Crippen molar-refractivity contribution in [2.75, 3.05) is 24.1 Å². The second-order valence-electron chi connectivity index (χ2n) is 10.7. The first kappa shape index (κ1) is 35.2. The number of nitrogen functional groups attached to an aromatic ring is 1. The van der Waals surface area contributed by atoms with Crippen molar-refractivity contribution in [1.29, 1.82) is 10.7 Å². The zero-order valence-electron chi connectivity index (χ0n) is 28.1. The van der Waals surface area contributed by atoms with Crippen molar-refractivity contribution in [3.05, 3.63) is 114 Å². The average Bonchev–Trinajstić information content (AvgIpc) is 3.58. The van der Waals surface area contributed by atoms with Gasteiger partial charge in [-0.2, -0.15) is 5.26 Å². The van der Waals surface area contributed by atoms with Gasteiger partial charge in [-0.1, -0.05) is 82.3 Å². The summed E-state index contributed by atoms with van der Waals surface area (Å²) in [5, 5.41) is 20.9. The van der Waals surface area contributed by atoms with E-state index in [1.165, 1.54) is 5.56 Å². The lowest BCUT2D eigenvalue weighted by molar-refractivity contribution is 0.211. The zero-order chi connectivity index (χ0) is 34.3. The highest BCUT2D eigenvalue weighted by Crippen LogP contribution is 2.33. The van der Waals surface area contributed by atoms with E-state index in [1.807, 2.05) is 82.3 Å². The van der Waals surface area contributed by atoms with Crippen LogP contribution < -0.4 is 11.1 Å². The van der Waals surface area contributed by atoms with E-state index in [1.54, 1.807) is 24.5 Å². The molecule has 6 rings (SSSR count). The van der Waals surface area contributed by atoms with Crippen molar-refractivity contribution in [2.45, 2.75) is 53.1 Å². The molecule has 1 aliphatic rings. The van der Waals surface area contributed by atoms with Crippen LogP contribution in [0.25, 0.3) is 28.6 Å². The Labute approximate surface area is 283 Å². The molecule has 3 aromatic heterocycles. The second-order valence-corrected chi connectivity index (χ2v) is 10.7. The predicted molar refractivity (Wildman–Crippen MR) is 195 cm³/mol. The molecule has 1 aliphatic heterocycles. The molecule has 246 valence electrons. The van der Waals surface area contributed by atoms with Gasteiger partial charge in [-0.15, -0.1) is 0 Å². The molecule has 0 saturated carbocycles. The van der Waals surface area contributed by atoms with E-state index in [4.69, 9.17) is 21.4 Å². The summed E-state index contributed by atoms with van der Waals surface area (Å²) in [5.74, 6) is 1.93. The van der Waals surface area contributed by atoms with E-state index in [2.05, 4.69) is 54.4 Å². The van der Waals surface area contributed by atoms with Crippen molar-refractivity contribution in [3.8, 4) is 28.6 Å². The number of allylic oxidation sites excluding steroid dienone is 1. The minimum atomic E-state index is 0.179. The van der Waals surface area contributed by atoms with Crippen LogP contribution >= 0.6 is 0 Å². The molecule has 1 fully saturated rings. The molecule has 0 atom stereocenters. The van der Waals surface area contributed by atoms with Crippen LogP contribution in [0.5, 0.6) is 0 Å². The standard InChI is InChI=1S/C34H32N10.2C2H6/c35-21-31-38-18-14-30(41-31)40-26-15-19-44(20-16-26)22-23-8-10-25(11-9-23)32-33(27-7-4-17-39-34(27)37)43-29(42-32)13-12-28(36)24-5-2-1-3-6-24;2*1-2/h1-14,17-18,26,36H,15-16,19-20,22H2,(H2,37,39)(H,42,43)(H,38,40,41);2*1-2H3/b13-12-,36-28?;;. The summed E-state index contributed by atoms with van der Waals surface area (Å²) in [4.78, 5) is 23.2. The number of rotatable bonds is 9. The topological polar surface area (TPSA) is 156 Å². The number of aromatic amines is 1. The smallest absolute Gasteiger partial charge is 0.234 e. The summed E-state index contributed by atoms with van der Waals surface area (Å²) >= 11 is 0. The Hall–Kier alpha value is -5.66. The maximum Gasteiger partial charge on any atom is 0.234 e. The van der Waals surface area contributed by atoms with Crippen LogP contribution in [0.3, 0.4) is 0 Å². The maximum atomic E-state index is 9.05. The Balaban J connectivity index is 0.00000125. The Bertz CT molecular complexity index is 1810. The molecule has 0 amide bonds. The molecular weight excluding hydrogens is 596 g/mol. The minimum absolute atomic E-state index is 0.179. The number of nitriles is 1. The molecule has 0 aliphatic carbocycles. The highest BCUT2D eigenvalue weighted by molar-refractivity contribution is 6.08. The lowest BCUT2D eigenvalue weighted by Crippen LogP contribution is -2.38. The van der Waals surface area contributed by atoms with Crippen LogP contribution in [-0.2, 0) is 6.54 Å². The molecule has 10 heteroatoms. The number of nitrogens with zero attached hydrogens (tertiary/aromatic N) is 6. The zero-order valence-corrected chi connectivity index (χ0v) is 28.1. The fraction of sp³-hybridized carbons (Fsp3) is 0.263. The second kappa shape index (κ2) is 17.9. The Morgan fingerprint density at radius 1 is 0.958 bits per heavy atom. The third-order valence-corrected chi connectivity index (χ3v) is 7.65. The predicted octanol–water partition coefficient (Wildman–Crippen LogP) is 7.59. The van der Waals surface area contributed by atoms with Gasteiger partial charge in [0.2, 0.25) is 5.82 Å². The Kier molecular flexibility index (Phi) is 13.1. The van der Waals surface area contributed by atoms with Gasteiger partial charge in [0, 0.05) is 49.2 Å². The molecule has 0 spiro atoms. The maximum absolute atomic E-state index is 9.05. The van der Waals surface area contributed by atoms with E-state index in [0.717, 1.165) is 60.6 Å². The number of piperidine rings is 1. The summed E-state index contributed by atoms with van der Waals surface area (Å²) in [5.41, 5.74) is 12.0. The number of aromatic nitrogens is 5. The number of likely N-dealkylation sites (tertiary alicyclic amines) is 1. The van der Waals surface area contributed by atoms with Crippen LogP contribution in [0.2, 0.25) is 0 Å². The van der Waals surface area contributed by atoms with E-state index >= 15 is 0 Å². The number of nitrogens with one attached hydrogen (secondary N) is 3. The number of benzene rings is 2. The molecule has 48 heavy (non-hydrogen) atoms. The number of anilines is 2. The normalized spacial score (nSPS) is 13.1. The van der Waals surface area contributed by atoms with Crippen LogP contribution in [0, 0.1) is 16.7 Å². The number of nitrogens with two attached hydrogens (primary N) is 1. The van der Waals surface area contributed by atoms with Gasteiger partial charge in [0.25, 0.3) is 0 Å². The average molecular weight is 641 g/mol. The number of pyridine rings is 1. The van der Waals surface area contributed by atoms with E-state index in [-0.39, 0.29) is 5.82 Å². The lowest BCUT2D eigenvalue weighted by Gasteiger charge is -2.32. The van der Waals surface area contributed by atoms with Gasteiger partial charge >= 0.3 is 0 Å². The molecule has 4 heterocycles. The van der Waals surface area contributed by atoms with E-state index in [0.29, 0.717) is 29.2 Å². The minimum Gasteiger partial charge on any atom is -0.383 e. The van der Waals surface area contributed by atoms with Crippen molar-refractivity contribution >= 4 is 23.4 Å². The SMILES string of the molecule is CC.CC.N#Cc1nccc(NC2CCN(Cc3ccc(-c4nc(/C=C\C(=N)c5ccccc5)[nH]c4-c4cccnc4N)cc3)CC2)n1. The summed E-state index contributed by atoms with van der Waals surface area (Å²) in [6.45, 7) is 10.8. The van der Waals surface area contributed by atoms with Gasteiger partial charge in [-0.3, -0.25) is 4.90 Å². The summed E-state index contributed by atoms with van der Waals surface area (Å²) in [7, 11) is 0. The molecule has 0 radical (unpaired) electrons. The van der Waals surface area contributed by atoms with Crippen molar-refractivity contribution in [1.82, 2.24) is 29.8 Å². The van der Waals surface area contributed by atoms with E-state index < -0.39 is 0 Å². The molecular formula is C38H44N10. The van der Waals surface area contributed by atoms with Crippen molar-refractivity contribution in [2.24, 2.45) is 0 Å². The Morgan fingerprint density at radius 2 is 1.69 bits per heavy atom. The van der Waals surface area contributed by atoms with Crippen molar-refractivity contribution < 1.29 is 0 Å². The molecule has 0 bridgehead atoms. The summed E-state index contributed by atoms with van der Waals surface area (Å²) in [6.07, 6.45) is 8.82. The molecule has 5 N–H and O–H groups in total. The lowest BCUT2D eigenvalue weighted by atomic mass is 10.0. The fourth-order valence-electron chi connectivity index (χ4n) is 5.34. The largest absolute Gasteiger partial charge is 0.383 e. The summed E-state index contributed by atoms with van der Waals surface area (Å²) in [6, 6.07) is 26.0. The highest BCUT2D eigenvalue weighted by atomic mass is 15.1. The van der Waals surface area contributed by atoms with Crippen LogP contribution in [-0.4, -0.2) is 54.7 Å². The first-order chi connectivity index (χ1) is 23.6. The first-order valence-corrected chi connectivity index (χ1v) is 16.5. The van der Waals surface area contributed by atoms with Crippen LogP contribution in [0.4, 0.5) is 11.6 Å². The number of imidazole rings is 1. The van der Waals surface area contributed by atoms with Gasteiger partial charge < -0.3 is 21.4 Å². The van der Waals surface area contributed by atoms with Crippen molar-refractivity contribution in [3.63, 3.8) is 0 Å². The molecule has 1 saturated heterocycles. The quantitative estimate of drug-likeness (QED) is 0.120. The molecule has 5 aromatic rings. The monoisotopic (exact) mass is 640 g/mol. The fourth-order valence-corrected chi connectivity index (χ4v) is 5.34. The number of hydrogen-bond acceptors (Lipinski definition) is 9. The van der Waals surface area contributed by atoms with Gasteiger partial charge in [-0.25, -0.2) is 19.9 Å². The third-order valence-electron chi connectivity index (χ3n) is 7.65. The van der Waals surface area contributed by atoms with E-state index in [9.17, 15) is 0 Å². The molecule has 2 aromatic carbocycles. The number of H-pyrrole nitrogens is 1. The number of hydrogen-bond donors (Lipinski definition) is 4. The third kappa shape index (κ3) is 9.21. The van der Waals surface area contributed by atoms with Gasteiger partial charge in [0.15, 0.2) is 0 Å². The first-order valence-electron chi connectivity index (χ1n) is 16.5. The van der Waals surface area contributed by atoms with Gasteiger partial charge in [0.1, 0.15) is 23.5 Å². The highest BCUT2D eigenvalue weighted by Gasteiger charge is 2.20. The van der Waals surface area contributed by atoms with Crippen LogP contribution in [0.1, 0.15) is 63.3 Å². The molecule has 0 unspecified atom stereocenters. The van der Waals surface area contributed by atoms with Gasteiger partial charge in [0.05, 0.1) is 17.1 Å². The Morgan fingerprint density at radius 3 is 2.38 bits per heavy atom. The van der Waals surface area contributed by atoms with Gasteiger partial charge in [-0.05, 0) is 54.3 Å². The van der Waals surface area contributed by atoms with Crippen LogP contribution in [0.15, 0.2) is 91.3 Å². The molecule has 10 nitrogen and oxygen atoms in total.